The van der Waals surface area contributed by atoms with Crippen LogP contribution in [0.1, 0.15) is 37.2 Å². The number of hydrogen-bond acceptors (Lipinski definition) is 3. The molecule has 4 heteroatoms. The molecule has 0 unspecified atom stereocenters. The molecule has 2 rings (SSSR count). The number of hydrogen-bond donors (Lipinski definition) is 0. The van der Waals surface area contributed by atoms with Crippen molar-refractivity contribution < 1.29 is 4.74 Å². The van der Waals surface area contributed by atoms with Crippen LogP contribution in [0.2, 0.25) is 0 Å². The number of ether oxygens (including phenoxy) is 1. The van der Waals surface area contributed by atoms with Crippen molar-refractivity contribution in [3.8, 4) is 5.75 Å². The first-order chi connectivity index (χ1) is 8.70. The molecule has 1 aliphatic rings. The van der Waals surface area contributed by atoms with Crippen molar-refractivity contribution in [1.82, 2.24) is 9.88 Å². The van der Waals surface area contributed by atoms with Gasteiger partial charge in [-0.3, -0.25) is 4.98 Å². The van der Waals surface area contributed by atoms with E-state index in [0.717, 1.165) is 11.7 Å². The lowest BCUT2D eigenvalue weighted by Gasteiger charge is -2.33. The van der Waals surface area contributed by atoms with Gasteiger partial charge in [0.2, 0.25) is 0 Å². The zero-order valence-corrected chi connectivity index (χ0v) is 12.9. The minimum Gasteiger partial charge on any atom is -0.495 e. The zero-order valence-electron chi connectivity index (χ0n) is 12.1. The maximum atomic E-state index is 5.29. The molecule has 0 aliphatic heterocycles. The monoisotopic (exact) mass is 284 g/mol. The summed E-state index contributed by atoms with van der Waals surface area (Å²) in [5.74, 6) is 2.27. The van der Waals surface area contributed by atoms with Crippen molar-refractivity contribution in [1.29, 1.82) is 0 Å². The third-order valence-electron chi connectivity index (χ3n) is 3.91. The molecule has 0 bridgehead atoms. The Labute approximate surface area is 122 Å². The first-order valence-corrected chi connectivity index (χ1v) is 6.84. The van der Waals surface area contributed by atoms with Crippen molar-refractivity contribution in [3.05, 3.63) is 24.0 Å². The number of rotatable bonds is 4. The lowest BCUT2D eigenvalue weighted by atomic mass is 9.75. The highest BCUT2D eigenvalue weighted by Gasteiger charge is 2.27. The molecular weight excluding hydrogens is 260 g/mol. The SMILES string of the molecule is COc1cncc([C@H]2CCCC[C@H]2CN(C)C)c1.Cl. The number of aromatic nitrogens is 1. The van der Waals surface area contributed by atoms with Gasteiger partial charge in [-0.1, -0.05) is 12.8 Å². The highest BCUT2D eigenvalue weighted by Crippen LogP contribution is 2.38. The Bertz CT molecular complexity index is 384. The molecule has 1 aromatic heterocycles. The average molecular weight is 285 g/mol. The van der Waals surface area contributed by atoms with Crippen molar-refractivity contribution in [3.63, 3.8) is 0 Å². The van der Waals surface area contributed by atoms with Gasteiger partial charge in [0.15, 0.2) is 0 Å². The summed E-state index contributed by atoms with van der Waals surface area (Å²) in [4.78, 5) is 6.61. The number of nitrogens with zero attached hydrogens (tertiary/aromatic N) is 2. The second-order valence-electron chi connectivity index (χ2n) is 5.57. The van der Waals surface area contributed by atoms with E-state index in [1.807, 2.05) is 6.20 Å². The third-order valence-corrected chi connectivity index (χ3v) is 3.91. The smallest absolute Gasteiger partial charge is 0.137 e. The average Bonchev–Trinajstić information content (AvgIpc) is 2.39. The Hall–Kier alpha value is -0.800. The molecule has 1 aromatic rings. The van der Waals surface area contributed by atoms with E-state index in [0.29, 0.717) is 5.92 Å². The number of halogens is 1. The summed E-state index contributed by atoms with van der Waals surface area (Å²) in [5.41, 5.74) is 1.35. The van der Waals surface area contributed by atoms with Crippen LogP contribution in [0.15, 0.2) is 18.5 Å². The largest absolute Gasteiger partial charge is 0.495 e. The molecule has 2 atom stereocenters. The summed E-state index contributed by atoms with van der Waals surface area (Å²) >= 11 is 0. The Morgan fingerprint density at radius 1 is 1.26 bits per heavy atom. The molecular formula is C15H25ClN2O. The van der Waals surface area contributed by atoms with Gasteiger partial charge < -0.3 is 9.64 Å². The van der Waals surface area contributed by atoms with Crippen molar-refractivity contribution >= 4 is 12.4 Å². The van der Waals surface area contributed by atoms with Gasteiger partial charge in [-0.15, -0.1) is 12.4 Å². The molecule has 0 radical (unpaired) electrons. The van der Waals surface area contributed by atoms with Gasteiger partial charge in [0.05, 0.1) is 13.3 Å². The standard InChI is InChI=1S/C15H24N2O.ClH/c1-17(2)11-12-6-4-5-7-15(12)13-8-14(18-3)10-16-9-13;/h8-10,12,15H,4-7,11H2,1-3H3;1H/t12-,15-;/m0./s1. The van der Waals surface area contributed by atoms with Crippen molar-refractivity contribution in [2.75, 3.05) is 27.7 Å². The molecule has 0 saturated heterocycles. The van der Waals surface area contributed by atoms with Crippen LogP contribution >= 0.6 is 12.4 Å². The summed E-state index contributed by atoms with van der Waals surface area (Å²) in [5, 5.41) is 0. The Morgan fingerprint density at radius 3 is 2.68 bits per heavy atom. The van der Waals surface area contributed by atoms with Crippen LogP contribution in [0.4, 0.5) is 0 Å². The van der Waals surface area contributed by atoms with Crippen LogP contribution in [-0.4, -0.2) is 37.6 Å². The van der Waals surface area contributed by atoms with Crippen LogP contribution in [0, 0.1) is 5.92 Å². The quantitative estimate of drug-likeness (QED) is 0.848. The number of methoxy groups -OCH3 is 1. The van der Waals surface area contributed by atoms with Crippen molar-refractivity contribution in [2.45, 2.75) is 31.6 Å². The van der Waals surface area contributed by atoms with Gasteiger partial charge >= 0.3 is 0 Å². The predicted octanol–water partition coefficient (Wildman–Crippen LogP) is 3.35. The van der Waals surface area contributed by atoms with E-state index in [4.69, 9.17) is 4.74 Å². The van der Waals surface area contributed by atoms with E-state index in [2.05, 4.69) is 30.0 Å². The molecule has 0 amide bonds. The van der Waals surface area contributed by atoms with E-state index in [9.17, 15) is 0 Å². The van der Waals surface area contributed by atoms with Crippen LogP contribution in [0.5, 0.6) is 5.75 Å². The van der Waals surface area contributed by atoms with Crippen LogP contribution in [0.25, 0.3) is 0 Å². The van der Waals surface area contributed by atoms with E-state index in [1.54, 1.807) is 13.3 Å². The Morgan fingerprint density at radius 2 is 2.00 bits per heavy atom. The highest BCUT2D eigenvalue weighted by molar-refractivity contribution is 5.85. The highest BCUT2D eigenvalue weighted by atomic mass is 35.5. The summed E-state index contributed by atoms with van der Waals surface area (Å²) in [6.45, 7) is 1.17. The van der Waals surface area contributed by atoms with Crippen molar-refractivity contribution in [2.24, 2.45) is 5.92 Å². The second-order valence-corrected chi connectivity index (χ2v) is 5.57. The van der Waals surface area contributed by atoms with E-state index >= 15 is 0 Å². The predicted molar refractivity (Wildman–Crippen MR) is 81.3 cm³/mol. The summed E-state index contributed by atoms with van der Waals surface area (Å²) in [6, 6.07) is 2.16. The lowest BCUT2D eigenvalue weighted by molar-refractivity contribution is 0.233. The summed E-state index contributed by atoms with van der Waals surface area (Å²) < 4.78 is 5.29. The normalized spacial score (nSPS) is 22.9. The molecule has 1 fully saturated rings. The molecule has 108 valence electrons. The topological polar surface area (TPSA) is 25.4 Å². The first-order valence-electron chi connectivity index (χ1n) is 6.84. The van der Waals surface area contributed by atoms with Crippen LogP contribution in [-0.2, 0) is 0 Å². The van der Waals surface area contributed by atoms with E-state index < -0.39 is 0 Å². The minimum absolute atomic E-state index is 0. The molecule has 3 nitrogen and oxygen atoms in total. The Kier molecular flexibility index (Phi) is 6.59. The maximum Gasteiger partial charge on any atom is 0.137 e. The number of pyridine rings is 1. The van der Waals surface area contributed by atoms with Gasteiger partial charge in [-0.2, -0.15) is 0 Å². The fourth-order valence-electron chi connectivity index (χ4n) is 3.08. The summed E-state index contributed by atoms with van der Waals surface area (Å²) in [7, 11) is 6.03. The first kappa shape index (κ1) is 16.3. The lowest BCUT2D eigenvalue weighted by Crippen LogP contribution is -2.29. The van der Waals surface area contributed by atoms with Gasteiger partial charge in [0.25, 0.3) is 0 Å². The maximum absolute atomic E-state index is 5.29. The molecule has 0 spiro atoms. The second kappa shape index (κ2) is 7.71. The fourth-order valence-corrected chi connectivity index (χ4v) is 3.08. The minimum atomic E-state index is 0. The summed E-state index contributed by atoms with van der Waals surface area (Å²) in [6.07, 6.45) is 9.13. The zero-order chi connectivity index (χ0) is 13.0. The van der Waals surface area contributed by atoms with Gasteiger partial charge in [0, 0.05) is 12.7 Å². The molecule has 1 saturated carbocycles. The van der Waals surface area contributed by atoms with E-state index in [1.165, 1.54) is 37.8 Å². The van der Waals surface area contributed by atoms with Gasteiger partial charge in [0.1, 0.15) is 5.75 Å². The molecule has 1 aliphatic carbocycles. The van der Waals surface area contributed by atoms with E-state index in [-0.39, 0.29) is 12.4 Å². The van der Waals surface area contributed by atoms with Crippen LogP contribution < -0.4 is 4.74 Å². The van der Waals surface area contributed by atoms with Gasteiger partial charge in [-0.05, 0) is 50.4 Å². The molecule has 0 aromatic carbocycles. The molecule has 19 heavy (non-hydrogen) atoms. The fraction of sp³-hybridized carbons (Fsp3) is 0.667. The van der Waals surface area contributed by atoms with Gasteiger partial charge in [-0.25, -0.2) is 0 Å². The third kappa shape index (κ3) is 4.36. The Balaban J connectivity index is 0.00000180. The molecule has 0 N–H and O–H groups in total. The van der Waals surface area contributed by atoms with Crippen LogP contribution in [0.3, 0.4) is 0 Å². The molecule has 1 heterocycles.